The van der Waals surface area contributed by atoms with Gasteiger partial charge >= 0.3 is 0 Å². The Kier molecular flexibility index (Phi) is 2.68. The third-order valence-electron chi connectivity index (χ3n) is 2.67. The lowest BCUT2D eigenvalue weighted by Gasteiger charge is -2.04. The van der Waals surface area contributed by atoms with Gasteiger partial charge in [0.25, 0.3) is 0 Å². The van der Waals surface area contributed by atoms with Gasteiger partial charge in [-0.15, -0.1) is 0 Å². The summed E-state index contributed by atoms with van der Waals surface area (Å²) in [5.74, 6) is -0.381. The van der Waals surface area contributed by atoms with E-state index in [2.05, 4.69) is 9.97 Å². The van der Waals surface area contributed by atoms with Gasteiger partial charge in [-0.05, 0) is 18.2 Å². The molecule has 0 radical (unpaired) electrons. The van der Waals surface area contributed by atoms with E-state index < -0.39 is 0 Å². The van der Waals surface area contributed by atoms with Crippen LogP contribution >= 0.6 is 11.6 Å². The quantitative estimate of drug-likeness (QED) is 0.657. The first-order valence-electron chi connectivity index (χ1n) is 5.42. The fourth-order valence-electron chi connectivity index (χ4n) is 1.80. The number of para-hydroxylation sites is 1. The summed E-state index contributed by atoms with van der Waals surface area (Å²) in [6.45, 7) is 0. The average molecular weight is 259 g/mol. The van der Waals surface area contributed by atoms with Gasteiger partial charge in [0.2, 0.25) is 0 Å². The van der Waals surface area contributed by atoms with Crippen LogP contribution in [0.4, 0.5) is 4.39 Å². The molecule has 88 valence electrons. The number of benzene rings is 2. The summed E-state index contributed by atoms with van der Waals surface area (Å²) >= 11 is 6.09. The molecule has 0 unspecified atom stereocenters. The van der Waals surface area contributed by atoms with Crippen LogP contribution in [0, 0.1) is 5.82 Å². The molecule has 3 aromatic rings. The van der Waals surface area contributed by atoms with Crippen LogP contribution in [-0.2, 0) is 0 Å². The second-order valence-electron chi connectivity index (χ2n) is 3.84. The Morgan fingerprint density at radius 3 is 2.67 bits per heavy atom. The molecule has 0 amide bonds. The Morgan fingerprint density at radius 2 is 1.83 bits per heavy atom. The van der Waals surface area contributed by atoms with Gasteiger partial charge in [-0.3, -0.25) is 4.98 Å². The molecule has 0 saturated heterocycles. The number of nitrogens with zero attached hydrogens (tertiary/aromatic N) is 2. The zero-order chi connectivity index (χ0) is 12.5. The van der Waals surface area contributed by atoms with Crippen molar-refractivity contribution in [3.8, 4) is 11.3 Å². The third-order valence-corrected chi connectivity index (χ3v) is 3.00. The summed E-state index contributed by atoms with van der Waals surface area (Å²) in [7, 11) is 0. The molecule has 18 heavy (non-hydrogen) atoms. The lowest BCUT2D eigenvalue weighted by Crippen LogP contribution is -1.91. The van der Waals surface area contributed by atoms with Crippen molar-refractivity contribution in [1.29, 1.82) is 0 Å². The van der Waals surface area contributed by atoms with Gasteiger partial charge < -0.3 is 0 Å². The summed E-state index contributed by atoms with van der Waals surface area (Å²) in [6, 6.07) is 12.0. The van der Waals surface area contributed by atoms with Crippen LogP contribution in [0.2, 0.25) is 5.02 Å². The van der Waals surface area contributed by atoms with E-state index in [1.54, 1.807) is 24.4 Å². The van der Waals surface area contributed by atoms with Crippen LogP contribution in [-0.4, -0.2) is 9.97 Å². The third kappa shape index (κ3) is 1.83. The van der Waals surface area contributed by atoms with Crippen molar-refractivity contribution >= 4 is 22.6 Å². The highest BCUT2D eigenvalue weighted by atomic mass is 35.5. The second kappa shape index (κ2) is 4.35. The topological polar surface area (TPSA) is 25.8 Å². The molecule has 0 N–H and O–H groups in total. The van der Waals surface area contributed by atoms with Gasteiger partial charge in [0.1, 0.15) is 5.52 Å². The largest absolute Gasteiger partial charge is 0.252 e. The van der Waals surface area contributed by atoms with E-state index in [0.29, 0.717) is 16.2 Å². The Balaban J connectivity index is 2.26. The summed E-state index contributed by atoms with van der Waals surface area (Å²) in [6.07, 6.45) is 1.60. The molecule has 1 heterocycles. The molecule has 0 aliphatic rings. The van der Waals surface area contributed by atoms with Crippen LogP contribution in [0.3, 0.4) is 0 Å². The predicted molar refractivity (Wildman–Crippen MR) is 69.9 cm³/mol. The molecular weight excluding hydrogens is 251 g/mol. The van der Waals surface area contributed by atoms with E-state index in [-0.39, 0.29) is 11.3 Å². The van der Waals surface area contributed by atoms with Crippen LogP contribution < -0.4 is 0 Å². The molecule has 0 aliphatic carbocycles. The Bertz CT molecular complexity index is 728. The van der Waals surface area contributed by atoms with Crippen molar-refractivity contribution in [3.63, 3.8) is 0 Å². The van der Waals surface area contributed by atoms with E-state index in [4.69, 9.17) is 11.6 Å². The van der Waals surface area contributed by atoms with Crippen LogP contribution in [0.15, 0.2) is 48.7 Å². The number of aromatic nitrogens is 2. The molecule has 0 spiro atoms. The summed E-state index contributed by atoms with van der Waals surface area (Å²) < 4.78 is 13.6. The zero-order valence-electron chi connectivity index (χ0n) is 9.27. The first kappa shape index (κ1) is 11.1. The fraction of sp³-hybridized carbons (Fsp3) is 0. The van der Waals surface area contributed by atoms with Crippen molar-refractivity contribution in [2.45, 2.75) is 0 Å². The average Bonchev–Trinajstić information content (AvgIpc) is 2.40. The summed E-state index contributed by atoms with van der Waals surface area (Å²) in [4.78, 5) is 8.48. The summed E-state index contributed by atoms with van der Waals surface area (Å²) in [5.41, 5.74) is 2.11. The SMILES string of the molecule is Fc1cccc2ncc(-c3ccccc3Cl)nc12. The van der Waals surface area contributed by atoms with Gasteiger partial charge in [-0.2, -0.15) is 0 Å². The lowest BCUT2D eigenvalue weighted by molar-refractivity contribution is 0.636. The molecule has 3 rings (SSSR count). The molecule has 0 aliphatic heterocycles. The van der Waals surface area contributed by atoms with Crippen molar-refractivity contribution in [2.24, 2.45) is 0 Å². The monoisotopic (exact) mass is 258 g/mol. The van der Waals surface area contributed by atoms with Crippen LogP contribution in [0.1, 0.15) is 0 Å². The normalized spacial score (nSPS) is 10.8. The molecule has 0 saturated carbocycles. The van der Waals surface area contributed by atoms with Crippen LogP contribution in [0.5, 0.6) is 0 Å². The van der Waals surface area contributed by atoms with E-state index >= 15 is 0 Å². The Morgan fingerprint density at radius 1 is 1.00 bits per heavy atom. The van der Waals surface area contributed by atoms with Gasteiger partial charge in [0.15, 0.2) is 5.82 Å². The zero-order valence-corrected chi connectivity index (χ0v) is 10.0. The number of hydrogen-bond donors (Lipinski definition) is 0. The molecule has 0 fully saturated rings. The minimum absolute atomic E-state index is 0.259. The second-order valence-corrected chi connectivity index (χ2v) is 4.25. The summed E-state index contributed by atoms with van der Waals surface area (Å²) in [5, 5.41) is 0.572. The van der Waals surface area contributed by atoms with E-state index in [0.717, 1.165) is 5.56 Å². The van der Waals surface area contributed by atoms with Crippen molar-refractivity contribution < 1.29 is 4.39 Å². The molecular formula is C14H8ClFN2. The minimum Gasteiger partial charge on any atom is -0.252 e. The minimum atomic E-state index is -0.381. The Labute approximate surface area is 108 Å². The van der Waals surface area contributed by atoms with Gasteiger partial charge in [-0.1, -0.05) is 35.9 Å². The molecule has 1 aromatic heterocycles. The lowest BCUT2D eigenvalue weighted by atomic mass is 10.1. The molecule has 2 nitrogen and oxygen atoms in total. The van der Waals surface area contributed by atoms with E-state index in [1.165, 1.54) is 6.07 Å². The highest BCUT2D eigenvalue weighted by Gasteiger charge is 2.08. The number of rotatable bonds is 1. The smallest absolute Gasteiger partial charge is 0.151 e. The van der Waals surface area contributed by atoms with Gasteiger partial charge in [0.05, 0.1) is 22.4 Å². The first-order valence-corrected chi connectivity index (χ1v) is 5.79. The molecule has 0 bridgehead atoms. The first-order chi connectivity index (χ1) is 8.75. The Hall–Kier alpha value is -2.00. The highest BCUT2D eigenvalue weighted by molar-refractivity contribution is 6.33. The fourth-order valence-corrected chi connectivity index (χ4v) is 2.03. The maximum absolute atomic E-state index is 13.6. The van der Waals surface area contributed by atoms with Gasteiger partial charge in [-0.25, -0.2) is 9.37 Å². The molecule has 2 aromatic carbocycles. The van der Waals surface area contributed by atoms with E-state index in [9.17, 15) is 4.39 Å². The number of fused-ring (bicyclic) bond motifs is 1. The van der Waals surface area contributed by atoms with Gasteiger partial charge in [0, 0.05) is 5.56 Å². The van der Waals surface area contributed by atoms with Crippen molar-refractivity contribution in [1.82, 2.24) is 9.97 Å². The maximum Gasteiger partial charge on any atom is 0.151 e. The number of halogens is 2. The molecule has 4 heteroatoms. The maximum atomic E-state index is 13.6. The van der Waals surface area contributed by atoms with Crippen molar-refractivity contribution in [2.75, 3.05) is 0 Å². The highest BCUT2D eigenvalue weighted by Crippen LogP contribution is 2.26. The standard InChI is InChI=1S/C14H8ClFN2/c15-10-5-2-1-4-9(10)13-8-17-12-7-3-6-11(16)14(12)18-13/h1-8H. The number of hydrogen-bond acceptors (Lipinski definition) is 2. The predicted octanol–water partition coefficient (Wildman–Crippen LogP) is 4.09. The van der Waals surface area contributed by atoms with Crippen LogP contribution in [0.25, 0.3) is 22.3 Å². The van der Waals surface area contributed by atoms with Crippen molar-refractivity contribution in [3.05, 3.63) is 59.5 Å². The molecule has 0 atom stereocenters. The van der Waals surface area contributed by atoms with E-state index in [1.807, 2.05) is 18.2 Å².